The van der Waals surface area contributed by atoms with E-state index >= 15 is 0 Å². The summed E-state index contributed by atoms with van der Waals surface area (Å²) in [4.78, 5) is 4.74. The third kappa shape index (κ3) is 7.14. The Morgan fingerprint density at radius 2 is 1.38 bits per heavy atom. The zero-order chi connectivity index (χ0) is 36.4. The first-order valence-corrected chi connectivity index (χ1v) is 19.2. The lowest BCUT2D eigenvalue weighted by molar-refractivity contribution is 0.483. The standard InChI is InChI=1S/C47H52N4O/c1-8-13-40-34(23-31(3)4)26-35(24-32(5)6)41(14-9-2)47(40)36-29-49-50(30-36)37-15-12-16-38(27-37)52-39-19-20-43-42-17-10-11-18-44(42)51(45(43)28-39)46-25-33(7)21-22-48-46/h10-12,15-22,25-32H,8-9,13-14,23-24H2,1-7H3. The van der Waals surface area contributed by atoms with Crippen molar-refractivity contribution < 1.29 is 4.74 Å². The lowest BCUT2D eigenvalue weighted by Crippen LogP contribution is -2.10. The lowest BCUT2D eigenvalue weighted by atomic mass is 9.81. The van der Waals surface area contributed by atoms with Crippen LogP contribution in [0.4, 0.5) is 0 Å². The first-order chi connectivity index (χ1) is 25.2. The number of hydrogen-bond donors (Lipinski definition) is 0. The van der Waals surface area contributed by atoms with Gasteiger partial charge in [-0.1, -0.05) is 84.7 Å². The second-order valence-electron chi connectivity index (χ2n) is 15.2. The molecule has 0 bridgehead atoms. The van der Waals surface area contributed by atoms with Gasteiger partial charge in [-0.3, -0.25) is 4.57 Å². The Balaban J connectivity index is 1.26. The van der Waals surface area contributed by atoms with Gasteiger partial charge in [0.1, 0.15) is 17.3 Å². The van der Waals surface area contributed by atoms with Crippen LogP contribution in [0.25, 0.3) is 44.4 Å². The third-order valence-corrected chi connectivity index (χ3v) is 9.95. The second kappa shape index (κ2) is 15.2. The number of pyridine rings is 1. The number of nitrogens with zero attached hydrogens (tertiary/aromatic N) is 4. The maximum Gasteiger partial charge on any atom is 0.137 e. The molecule has 4 aromatic carbocycles. The summed E-state index contributed by atoms with van der Waals surface area (Å²) in [5, 5.41) is 7.33. The predicted octanol–water partition coefficient (Wildman–Crippen LogP) is 12.4. The summed E-state index contributed by atoms with van der Waals surface area (Å²) in [6.07, 6.45) is 12.8. The molecule has 7 rings (SSSR count). The number of fused-ring (bicyclic) bond motifs is 3. The molecule has 0 aliphatic carbocycles. The fraction of sp³-hybridized carbons (Fsp3) is 0.319. The molecule has 0 saturated heterocycles. The fourth-order valence-corrected chi connectivity index (χ4v) is 7.87. The minimum absolute atomic E-state index is 0.598. The molecule has 5 nitrogen and oxygen atoms in total. The summed E-state index contributed by atoms with van der Waals surface area (Å²) >= 11 is 0. The number of para-hydroxylation sites is 1. The molecule has 0 spiro atoms. The summed E-state index contributed by atoms with van der Waals surface area (Å²) in [6.45, 7) is 16.1. The van der Waals surface area contributed by atoms with Gasteiger partial charge in [-0.2, -0.15) is 5.10 Å². The summed E-state index contributed by atoms with van der Waals surface area (Å²) in [5.41, 5.74) is 13.0. The summed E-state index contributed by atoms with van der Waals surface area (Å²) in [5.74, 6) is 3.63. The van der Waals surface area contributed by atoms with Crippen LogP contribution in [0, 0.1) is 18.8 Å². The van der Waals surface area contributed by atoms with Crippen molar-refractivity contribution >= 4 is 21.8 Å². The van der Waals surface area contributed by atoms with E-state index in [1.807, 2.05) is 29.1 Å². The molecular weight excluding hydrogens is 637 g/mol. The van der Waals surface area contributed by atoms with Gasteiger partial charge in [0.25, 0.3) is 0 Å². The summed E-state index contributed by atoms with van der Waals surface area (Å²) < 4.78 is 10.8. The average Bonchev–Trinajstić information content (AvgIpc) is 3.73. The maximum absolute atomic E-state index is 6.58. The minimum Gasteiger partial charge on any atom is -0.457 e. The highest BCUT2D eigenvalue weighted by molar-refractivity contribution is 6.09. The average molecular weight is 689 g/mol. The van der Waals surface area contributed by atoms with Crippen molar-refractivity contribution in [2.75, 3.05) is 0 Å². The van der Waals surface area contributed by atoms with Gasteiger partial charge in [0, 0.05) is 40.9 Å². The van der Waals surface area contributed by atoms with Crippen LogP contribution in [0.3, 0.4) is 0 Å². The van der Waals surface area contributed by atoms with Gasteiger partial charge in [0.2, 0.25) is 0 Å². The Morgan fingerprint density at radius 3 is 2.08 bits per heavy atom. The third-order valence-electron chi connectivity index (χ3n) is 9.95. The zero-order valence-corrected chi connectivity index (χ0v) is 31.9. The maximum atomic E-state index is 6.58. The van der Waals surface area contributed by atoms with Gasteiger partial charge in [0.15, 0.2) is 0 Å². The molecule has 0 fully saturated rings. The van der Waals surface area contributed by atoms with Gasteiger partial charge in [-0.25, -0.2) is 9.67 Å². The van der Waals surface area contributed by atoms with Crippen LogP contribution < -0.4 is 4.74 Å². The fourth-order valence-electron chi connectivity index (χ4n) is 7.87. The monoisotopic (exact) mass is 688 g/mol. The second-order valence-corrected chi connectivity index (χ2v) is 15.2. The van der Waals surface area contributed by atoms with Crippen molar-refractivity contribution in [1.82, 2.24) is 19.3 Å². The predicted molar refractivity (Wildman–Crippen MR) is 217 cm³/mol. The van der Waals surface area contributed by atoms with Gasteiger partial charge in [0.05, 0.1) is 22.9 Å². The van der Waals surface area contributed by atoms with Crippen LogP contribution in [-0.2, 0) is 25.7 Å². The van der Waals surface area contributed by atoms with E-state index in [9.17, 15) is 0 Å². The molecular formula is C47H52N4O. The van der Waals surface area contributed by atoms with Crippen molar-refractivity contribution in [3.8, 4) is 34.1 Å². The van der Waals surface area contributed by atoms with Crippen LogP contribution in [0.5, 0.6) is 11.5 Å². The SMILES string of the molecule is CCCc1c(CC(C)C)cc(CC(C)C)c(CCC)c1-c1cnn(-c2cccc(Oc3ccc4c5ccccc5n(-c5cc(C)ccn5)c4c3)c2)c1. The molecule has 0 saturated carbocycles. The quantitative estimate of drug-likeness (QED) is 0.121. The van der Waals surface area contributed by atoms with Crippen LogP contribution in [0.1, 0.15) is 82.2 Å². The lowest BCUT2D eigenvalue weighted by Gasteiger charge is -2.24. The van der Waals surface area contributed by atoms with Crippen LogP contribution in [-0.4, -0.2) is 19.3 Å². The molecule has 266 valence electrons. The van der Waals surface area contributed by atoms with Crippen LogP contribution >= 0.6 is 0 Å². The Morgan fingerprint density at radius 1 is 0.692 bits per heavy atom. The van der Waals surface area contributed by atoms with E-state index in [1.165, 1.54) is 49.7 Å². The number of aryl methyl sites for hydroxylation is 1. The van der Waals surface area contributed by atoms with Crippen molar-refractivity contribution in [1.29, 1.82) is 0 Å². The summed E-state index contributed by atoms with van der Waals surface area (Å²) in [6, 6.07) is 29.8. The molecule has 5 heteroatoms. The van der Waals surface area contributed by atoms with Crippen molar-refractivity contribution in [3.63, 3.8) is 0 Å². The topological polar surface area (TPSA) is 44.9 Å². The molecule has 0 N–H and O–H groups in total. The van der Waals surface area contributed by atoms with E-state index in [0.29, 0.717) is 11.8 Å². The zero-order valence-electron chi connectivity index (χ0n) is 31.9. The molecule has 0 amide bonds. The molecule has 7 aromatic rings. The Hall–Kier alpha value is -5.16. The van der Waals surface area contributed by atoms with Gasteiger partial charge >= 0.3 is 0 Å². The molecule has 0 aliphatic rings. The first kappa shape index (κ1) is 35.3. The summed E-state index contributed by atoms with van der Waals surface area (Å²) in [7, 11) is 0. The normalized spacial score (nSPS) is 11.8. The highest BCUT2D eigenvalue weighted by Crippen LogP contribution is 2.38. The largest absolute Gasteiger partial charge is 0.457 e. The molecule has 3 aromatic heterocycles. The highest BCUT2D eigenvalue weighted by Gasteiger charge is 2.21. The Bertz CT molecular complexity index is 2300. The number of hydrogen-bond acceptors (Lipinski definition) is 3. The Labute approximate surface area is 309 Å². The van der Waals surface area contributed by atoms with E-state index in [1.54, 1.807) is 0 Å². The number of benzene rings is 4. The van der Waals surface area contributed by atoms with Crippen LogP contribution in [0.15, 0.2) is 104 Å². The van der Waals surface area contributed by atoms with Crippen molar-refractivity contribution in [3.05, 3.63) is 131 Å². The molecule has 3 heterocycles. The smallest absolute Gasteiger partial charge is 0.137 e. The molecule has 0 unspecified atom stereocenters. The Kier molecular flexibility index (Phi) is 10.3. The first-order valence-electron chi connectivity index (χ1n) is 19.2. The number of rotatable bonds is 13. The van der Waals surface area contributed by atoms with Gasteiger partial charge in [-0.05, 0) is 120 Å². The molecule has 0 atom stereocenters. The van der Waals surface area contributed by atoms with E-state index in [4.69, 9.17) is 14.8 Å². The van der Waals surface area contributed by atoms with Gasteiger partial charge in [-0.15, -0.1) is 0 Å². The van der Waals surface area contributed by atoms with E-state index in [0.717, 1.165) is 72.6 Å². The number of aromatic nitrogens is 4. The molecule has 52 heavy (non-hydrogen) atoms. The van der Waals surface area contributed by atoms with E-state index < -0.39 is 0 Å². The molecule has 0 radical (unpaired) electrons. The highest BCUT2D eigenvalue weighted by atomic mass is 16.5. The minimum atomic E-state index is 0.598. The van der Waals surface area contributed by atoms with E-state index in [-0.39, 0.29) is 0 Å². The van der Waals surface area contributed by atoms with Gasteiger partial charge < -0.3 is 4.74 Å². The van der Waals surface area contributed by atoms with Crippen LogP contribution in [0.2, 0.25) is 0 Å². The number of ether oxygens (including phenoxy) is 1. The molecule has 0 aliphatic heterocycles. The van der Waals surface area contributed by atoms with Crippen molar-refractivity contribution in [2.45, 2.75) is 87.0 Å². The van der Waals surface area contributed by atoms with Crippen molar-refractivity contribution in [2.24, 2.45) is 11.8 Å². The van der Waals surface area contributed by atoms with E-state index in [2.05, 4.69) is 132 Å².